The van der Waals surface area contributed by atoms with E-state index in [-0.39, 0.29) is 0 Å². The van der Waals surface area contributed by atoms with Gasteiger partial charge in [0.1, 0.15) is 17.9 Å². The molecular formula is C26H19NO2. The van der Waals surface area contributed by atoms with E-state index in [1.54, 1.807) is 0 Å². The summed E-state index contributed by atoms with van der Waals surface area (Å²) in [4.78, 5) is 4.68. The summed E-state index contributed by atoms with van der Waals surface area (Å²) in [5.41, 5.74) is 6.00. The Kier molecular flexibility index (Phi) is 4.55. The monoisotopic (exact) mass is 377 g/mol. The number of nitrogens with zero attached hydrogens (tertiary/aromatic N) is 1. The molecule has 1 aromatic heterocycles. The number of hydrogen-bond donors (Lipinski definition) is 0. The van der Waals surface area contributed by atoms with Crippen LogP contribution in [-0.4, -0.2) is 4.98 Å². The van der Waals surface area contributed by atoms with Gasteiger partial charge in [0.25, 0.3) is 0 Å². The van der Waals surface area contributed by atoms with Crippen LogP contribution in [0.5, 0.6) is 5.75 Å². The fourth-order valence-electron chi connectivity index (χ4n) is 3.30. The highest BCUT2D eigenvalue weighted by Gasteiger charge is 2.10. The van der Waals surface area contributed by atoms with E-state index in [1.807, 2.05) is 66.7 Å². The molecule has 1 heterocycles. The van der Waals surface area contributed by atoms with Gasteiger partial charge >= 0.3 is 0 Å². The standard InChI is InChI=1S/C26H19NO2/c1-3-7-19(8-4-1)18-28-23-14-11-21(12-15-23)26-27-24-17-22(13-16-25(24)29-26)20-9-5-2-6-10-20/h1-17H,18H2. The Morgan fingerprint density at radius 3 is 2.10 bits per heavy atom. The first-order chi connectivity index (χ1) is 14.3. The fraction of sp³-hybridized carbons (Fsp3) is 0.0385. The van der Waals surface area contributed by atoms with E-state index in [1.165, 1.54) is 5.56 Å². The largest absolute Gasteiger partial charge is 0.489 e. The van der Waals surface area contributed by atoms with Crippen LogP contribution in [0.25, 0.3) is 33.7 Å². The summed E-state index contributed by atoms with van der Waals surface area (Å²) < 4.78 is 11.8. The zero-order chi connectivity index (χ0) is 19.5. The highest BCUT2D eigenvalue weighted by molar-refractivity contribution is 5.82. The van der Waals surface area contributed by atoms with Gasteiger partial charge in [0.15, 0.2) is 5.58 Å². The molecule has 0 saturated carbocycles. The van der Waals surface area contributed by atoms with Crippen LogP contribution in [-0.2, 0) is 6.61 Å². The van der Waals surface area contributed by atoms with E-state index < -0.39 is 0 Å². The van der Waals surface area contributed by atoms with E-state index in [9.17, 15) is 0 Å². The van der Waals surface area contributed by atoms with Gasteiger partial charge in [-0.3, -0.25) is 0 Å². The van der Waals surface area contributed by atoms with Gasteiger partial charge in [0.2, 0.25) is 5.89 Å². The molecule has 4 aromatic carbocycles. The Labute approximate surface area is 169 Å². The smallest absolute Gasteiger partial charge is 0.227 e. The third kappa shape index (κ3) is 3.76. The highest BCUT2D eigenvalue weighted by Crippen LogP contribution is 2.29. The number of benzene rings is 4. The molecule has 0 radical (unpaired) electrons. The Balaban J connectivity index is 1.36. The maximum atomic E-state index is 5.96. The lowest BCUT2D eigenvalue weighted by Gasteiger charge is -2.06. The molecule has 140 valence electrons. The second-order valence-electron chi connectivity index (χ2n) is 6.87. The predicted octanol–water partition coefficient (Wildman–Crippen LogP) is 6.74. The van der Waals surface area contributed by atoms with Crippen molar-refractivity contribution in [3.63, 3.8) is 0 Å². The molecule has 0 fully saturated rings. The Morgan fingerprint density at radius 2 is 1.34 bits per heavy atom. The van der Waals surface area contributed by atoms with Crippen LogP contribution in [0, 0.1) is 0 Å². The number of oxazole rings is 1. The van der Waals surface area contributed by atoms with Crippen LogP contribution in [0.15, 0.2) is 108 Å². The molecule has 0 amide bonds. The molecule has 0 N–H and O–H groups in total. The topological polar surface area (TPSA) is 35.3 Å². The maximum absolute atomic E-state index is 5.96. The van der Waals surface area contributed by atoms with E-state index in [2.05, 4.69) is 41.4 Å². The van der Waals surface area contributed by atoms with Crippen LogP contribution in [0.3, 0.4) is 0 Å². The lowest BCUT2D eigenvalue weighted by Crippen LogP contribution is -1.94. The van der Waals surface area contributed by atoms with Gasteiger partial charge in [-0.05, 0) is 53.1 Å². The van der Waals surface area contributed by atoms with Crippen molar-refractivity contribution in [3.05, 3.63) is 109 Å². The molecule has 0 aliphatic heterocycles. The molecule has 0 atom stereocenters. The van der Waals surface area contributed by atoms with Crippen LogP contribution >= 0.6 is 0 Å². The quantitative estimate of drug-likeness (QED) is 0.340. The number of aromatic nitrogens is 1. The summed E-state index contributed by atoms with van der Waals surface area (Å²) in [6, 6.07) is 34.4. The van der Waals surface area contributed by atoms with Gasteiger partial charge in [0.05, 0.1) is 0 Å². The van der Waals surface area contributed by atoms with Crippen LogP contribution in [0.1, 0.15) is 5.56 Å². The molecule has 3 nitrogen and oxygen atoms in total. The molecule has 0 bridgehead atoms. The molecule has 29 heavy (non-hydrogen) atoms. The molecule has 0 unspecified atom stereocenters. The van der Waals surface area contributed by atoms with Crippen molar-refractivity contribution in [1.29, 1.82) is 0 Å². The molecule has 0 spiro atoms. The van der Waals surface area contributed by atoms with E-state index in [0.717, 1.165) is 33.5 Å². The van der Waals surface area contributed by atoms with E-state index in [4.69, 9.17) is 9.15 Å². The van der Waals surface area contributed by atoms with Gasteiger partial charge in [-0.15, -0.1) is 0 Å². The minimum absolute atomic E-state index is 0.547. The zero-order valence-electron chi connectivity index (χ0n) is 15.8. The predicted molar refractivity (Wildman–Crippen MR) is 116 cm³/mol. The lowest BCUT2D eigenvalue weighted by molar-refractivity contribution is 0.306. The summed E-state index contributed by atoms with van der Waals surface area (Å²) in [6.07, 6.45) is 0. The maximum Gasteiger partial charge on any atom is 0.227 e. The van der Waals surface area contributed by atoms with Gasteiger partial charge in [0, 0.05) is 5.56 Å². The van der Waals surface area contributed by atoms with E-state index in [0.29, 0.717) is 12.5 Å². The summed E-state index contributed by atoms with van der Waals surface area (Å²) in [5.74, 6) is 1.43. The van der Waals surface area contributed by atoms with Crippen molar-refractivity contribution in [1.82, 2.24) is 4.98 Å². The third-order valence-electron chi connectivity index (χ3n) is 4.84. The average Bonchev–Trinajstić information content (AvgIpc) is 3.23. The summed E-state index contributed by atoms with van der Waals surface area (Å²) in [6.45, 7) is 0.547. The van der Waals surface area contributed by atoms with Crippen LogP contribution in [0.4, 0.5) is 0 Å². The fourth-order valence-corrected chi connectivity index (χ4v) is 3.30. The first-order valence-corrected chi connectivity index (χ1v) is 9.58. The first kappa shape index (κ1) is 17.3. The molecular weight excluding hydrogens is 358 g/mol. The molecule has 3 heteroatoms. The second kappa shape index (κ2) is 7.64. The average molecular weight is 377 g/mol. The highest BCUT2D eigenvalue weighted by atomic mass is 16.5. The van der Waals surface area contributed by atoms with Crippen molar-refractivity contribution in [2.45, 2.75) is 6.61 Å². The number of fused-ring (bicyclic) bond motifs is 1. The minimum atomic E-state index is 0.547. The van der Waals surface area contributed by atoms with Gasteiger partial charge in [-0.2, -0.15) is 0 Å². The van der Waals surface area contributed by atoms with Gasteiger partial charge in [-0.25, -0.2) is 4.98 Å². The summed E-state index contributed by atoms with van der Waals surface area (Å²) >= 11 is 0. The van der Waals surface area contributed by atoms with Crippen molar-refractivity contribution in [2.24, 2.45) is 0 Å². The van der Waals surface area contributed by atoms with Crippen molar-refractivity contribution in [3.8, 4) is 28.3 Å². The number of ether oxygens (including phenoxy) is 1. The SMILES string of the molecule is c1ccc(COc2ccc(-c3nc4cc(-c5ccccc5)ccc4o3)cc2)cc1. The number of rotatable bonds is 5. The Morgan fingerprint density at radius 1 is 0.655 bits per heavy atom. The van der Waals surface area contributed by atoms with Gasteiger partial charge in [-0.1, -0.05) is 66.7 Å². The van der Waals surface area contributed by atoms with Crippen molar-refractivity contribution >= 4 is 11.1 Å². The van der Waals surface area contributed by atoms with Crippen LogP contribution < -0.4 is 4.74 Å². The molecule has 0 aliphatic carbocycles. The third-order valence-corrected chi connectivity index (χ3v) is 4.84. The van der Waals surface area contributed by atoms with Gasteiger partial charge < -0.3 is 9.15 Å². The Hall–Kier alpha value is -3.85. The minimum Gasteiger partial charge on any atom is -0.489 e. The van der Waals surface area contributed by atoms with Crippen molar-refractivity contribution in [2.75, 3.05) is 0 Å². The number of hydrogen-bond acceptors (Lipinski definition) is 3. The lowest BCUT2D eigenvalue weighted by atomic mass is 10.1. The molecule has 0 aliphatic rings. The van der Waals surface area contributed by atoms with E-state index >= 15 is 0 Å². The molecule has 5 rings (SSSR count). The normalized spacial score (nSPS) is 10.9. The molecule has 0 saturated heterocycles. The first-order valence-electron chi connectivity index (χ1n) is 9.58. The molecule has 5 aromatic rings. The van der Waals surface area contributed by atoms with Crippen molar-refractivity contribution < 1.29 is 9.15 Å². The zero-order valence-corrected chi connectivity index (χ0v) is 15.8. The summed E-state index contributed by atoms with van der Waals surface area (Å²) in [5, 5.41) is 0. The summed E-state index contributed by atoms with van der Waals surface area (Å²) in [7, 11) is 0. The Bertz CT molecular complexity index is 1230. The van der Waals surface area contributed by atoms with Crippen LogP contribution in [0.2, 0.25) is 0 Å². The second-order valence-corrected chi connectivity index (χ2v) is 6.87.